The molecular weight excluding hydrogens is 293 g/mol. The summed E-state index contributed by atoms with van der Waals surface area (Å²) in [5.74, 6) is 0.605. The molecule has 0 atom stereocenters. The van der Waals surface area contributed by atoms with Gasteiger partial charge in [0, 0.05) is 5.75 Å². The summed E-state index contributed by atoms with van der Waals surface area (Å²) >= 11 is 1.67. The molecule has 0 saturated heterocycles. The number of allylic oxidation sites excluding steroid dienone is 6. The van der Waals surface area contributed by atoms with Crippen LogP contribution in [-0.2, 0) is 18.3 Å². The van der Waals surface area contributed by atoms with Crippen molar-refractivity contribution in [2.45, 2.75) is 31.2 Å². The standard InChI is InChI=1S/C17H15F3S/c18-17(19,20)15-9-8-12-5-3-6-13-4-1-2-7-16(13)21-11-14(12)10-15/h1,3-4,6,8-10H,2,5,7,11H2/b6-3-. The van der Waals surface area contributed by atoms with E-state index in [4.69, 9.17) is 0 Å². The van der Waals surface area contributed by atoms with Crippen molar-refractivity contribution >= 4 is 11.8 Å². The lowest BCUT2D eigenvalue weighted by Crippen LogP contribution is -2.06. The largest absolute Gasteiger partial charge is 0.416 e. The van der Waals surface area contributed by atoms with E-state index in [9.17, 15) is 13.2 Å². The number of alkyl halides is 3. The summed E-state index contributed by atoms with van der Waals surface area (Å²) in [4.78, 5) is 1.28. The van der Waals surface area contributed by atoms with E-state index >= 15 is 0 Å². The minimum Gasteiger partial charge on any atom is -0.166 e. The van der Waals surface area contributed by atoms with Crippen LogP contribution in [0.25, 0.3) is 0 Å². The molecule has 1 aromatic carbocycles. The van der Waals surface area contributed by atoms with E-state index in [0.717, 1.165) is 24.0 Å². The molecule has 0 fully saturated rings. The number of thioether (sulfide) groups is 1. The average Bonchev–Trinajstić information content (AvgIpc) is 2.54. The second-order valence-electron chi connectivity index (χ2n) is 5.20. The van der Waals surface area contributed by atoms with Crippen LogP contribution in [0.15, 0.2) is 53.0 Å². The second kappa shape index (κ2) is 5.76. The Morgan fingerprint density at radius 3 is 2.62 bits per heavy atom. The zero-order chi connectivity index (χ0) is 14.9. The van der Waals surface area contributed by atoms with Crippen LogP contribution in [-0.4, -0.2) is 0 Å². The molecule has 1 heterocycles. The minimum atomic E-state index is -4.27. The van der Waals surface area contributed by atoms with Gasteiger partial charge in [-0.15, -0.1) is 11.8 Å². The van der Waals surface area contributed by atoms with Crippen LogP contribution in [0.1, 0.15) is 29.5 Å². The lowest BCUT2D eigenvalue weighted by atomic mass is 10.0. The van der Waals surface area contributed by atoms with E-state index in [1.54, 1.807) is 17.8 Å². The van der Waals surface area contributed by atoms with Crippen molar-refractivity contribution in [3.63, 3.8) is 0 Å². The predicted octanol–water partition coefficient (Wildman–Crippen LogP) is 5.66. The van der Waals surface area contributed by atoms with Gasteiger partial charge in [0.1, 0.15) is 0 Å². The number of hydrogen-bond acceptors (Lipinski definition) is 1. The van der Waals surface area contributed by atoms with Crippen LogP contribution in [0.3, 0.4) is 0 Å². The highest BCUT2D eigenvalue weighted by atomic mass is 32.2. The van der Waals surface area contributed by atoms with E-state index < -0.39 is 11.7 Å². The highest BCUT2D eigenvalue weighted by Gasteiger charge is 2.31. The maximum atomic E-state index is 12.8. The van der Waals surface area contributed by atoms with E-state index in [-0.39, 0.29) is 0 Å². The fraction of sp³-hybridized carbons (Fsp3) is 0.294. The van der Waals surface area contributed by atoms with Gasteiger partial charge in [0.25, 0.3) is 0 Å². The molecule has 21 heavy (non-hydrogen) atoms. The molecule has 0 bridgehead atoms. The molecule has 1 aliphatic heterocycles. The number of halogens is 3. The molecule has 4 heteroatoms. The molecule has 0 saturated carbocycles. The molecule has 110 valence electrons. The van der Waals surface area contributed by atoms with Gasteiger partial charge in [-0.2, -0.15) is 13.2 Å². The van der Waals surface area contributed by atoms with E-state index in [1.807, 2.05) is 6.08 Å². The number of benzene rings is 1. The summed E-state index contributed by atoms with van der Waals surface area (Å²) in [5.41, 5.74) is 2.43. The van der Waals surface area contributed by atoms with Crippen LogP contribution in [0, 0.1) is 0 Å². The van der Waals surface area contributed by atoms with Gasteiger partial charge >= 0.3 is 6.18 Å². The lowest BCUT2D eigenvalue weighted by Gasteiger charge is -2.14. The first kappa shape index (κ1) is 14.5. The summed E-state index contributed by atoms with van der Waals surface area (Å²) in [6.45, 7) is 0. The molecule has 0 nitrogen and oxygen atoms in total. The molecule has 0 spiro atoms. The van der Waals surface area contributed by atoms with Gasteiger partial charge in [-0.1, -0.05) is 30.4 Å². The van der Waals surface area contributed by atoms with Gasteiger partial charge in [0.2, 0.25) is 0 Å². The monoisotopic (exact) mass is 308 g/mol. The van der Waals surface area contributed by atoms with Gasteiger partial charge in [-0.25, -0.2) is 0 Å². The van der Waals surface area contributed by atoms with Crippen LogP contribution in [0.4, 0.5) is 13.2 Å². The molecule has 0 radical (unpaired) electrons. The highest BCUT2D eigenvalue weighted by molar-refractivity contribution is 8.02. The number of hydrogen-bond donors (Lipinski definition) is 0. The third-order valence-corrected chi connectivity index (χ3v) is 4.97. The molecule has 0 amide bonds. The van der Waals surface area contributed by atoms with Crippen molar-refractivity contribution in [1.82, 2.24) is 0 Å². The average molecular weight is 308 g/mol. The molecular formula is C17H15F3S. The Kier molecular flexibility index (Phi) is 3.98. The molecule has 3 rings (SSSR count). The fourth-order valence-electron chi connectivity index (χ4n) is 2.58. The van der Waals surface area contributed by atoms with Gasteiger partial charge < -0.3 is 0 Å². The molecule has 1 aromatic rings. The van der Waals surface area contributed by atoms with E-state index in [0.29, 0.717) is 12.2 Å². The third-order valence-electron chi connectivity index (χ3n) is 3.73. The van der Waals surface area contributed by atoms with Crippen molar-refractivity contribution in [1.29, 1.82) is 0 Å². The first-order valence-electron chi connectivity index (χ1n) is 6.92. The van der Waals surface area contributed by atoms with Gasteiger partial charge in [-0.05, 0) is 53.0 Å². The summed E-state index contributed by atoms with van der Waals surface area (Å²) in [5, 5.41) is 0. The van der Waals surface area contributed by atoms with E-state index in [1.165, 1.54) is 22.6 Å². The summed E-state index contributed by atoms with van der Waals surface area (Å²) < 4.78 is 38.5. The Bertz CT molecular complexity index is 636. The number of rotatable bonds is 0. The fourth-order valence-corrected chi connectivity index (χ4v) is 3.74. The molecule has 1 aliphatic carbocycles. The Labute approximate surface area is 126 Å². The maximum absolute atomic E-state index is 12.8. The molecule has 0 N–H and O–H groups in total. The first-order valence-corrected chi connectivity index (χ1v) is 7.90. The van der Waals surface area contributed by atoms with Crippen LogP contribution in [0.5, 0.6) is 0 Å². The molecule has 2 aliphatic rings. The summed E-state index contributed by atoms with van der Waals surface area (Å²) in [7, 11) is 0. The second-order valence-corrected chi connectivity index (χ2v) is 6.27. The Morgan fingerprint density at radius 1 is 1.00 bits per heavy atom. The molecule has 0 unspecified atom stereocenters. The first-order chi connectivity index (χ1) is 10.0. The summed E-state index contributed by atoms with van der Waals surface area (Å²) in [6.07, 6.45) is 6.79. The van der Waals surface area contributed by atoms with Crippen molar-refractivity contribution < 1.29 is 13.2 Å². The smallest absolute Gasteiger partial charge is 0.166 e. The zero-order valence-corrected chi connectivity index (χ0v) is 12.2. The van der Waals surface area contributed by atoms with E-state index in [2.05, 4.69) is 18.2 Å². The van der Waals surface area contributed by atoms with Crippen molar-refractivity contribution in [3.8, 4) is 0 Å². The van der Waals surface area contributed by atoms with Crippen LogP contribution < -0.4 is 0 Å². The van der Waals surface area contributed by atoms with Gasteiger partial charge in [-0.3, -0.25) is 0 Å². The summed E-state index contributed by atoms with van der Waals surface area (Å²) in [6, 6.07) is 4.10. The Balaban J connectivity index is 1.95. The normalized spacial score (nSPS) is 20.1. The quantitative estimate of drug-likeness (QED) is 0.596. The van der Waals surface area contributed by atoms with Gasteiger partial charge in [0.15, 0.2) is 0 Å². The van der Waals surface area contributed by atoms with Crippen molar-refractivity contribution in [2.24, 2.45) is 0 Å². The highest BCUT2D eigenvalue weighted by Crippen LogP contribution is 2.36. The van der Waals surface area contributed by atoms with Crippen LogP contribution >= 0.6 is 11.8 Å². The number of fused-ring (bicyclic) bond motifs is 1. The Hall–Kier alpha value is -1.42. The predicted molar refractivity (Wildman–Crippen MR) is 81.0 cm³/mol. The van der Waals surface area contributed by atoms with Crippen molar-refractivity contribution in [2.75, 3.05) is 0 Å². The maximum Gasteiger partial charge on any atom is 0.416 e. The molecule has 0 aromatic heterocycles. The van der Waals surface area contributed by atoms with Crippen molar-refractivity contribution in [3.05, 3.63) is 69.7 Å². The Morgan fingerprint density at radius 2 is 1.81 bits per heavy atom. The minimum absolute atomic E-state index is 0.553. The topological polar surface area (TPSA) is 0 Å². The van der Waals surface area contributed by atoms with Crippen LogP contribution in [0.2, 0.25) is 0 Å². The lowest BCUT2D eigenvalue weighted by molar-refractivity contribution is -0.137. The van der Waals surface area contributed by atoms with Gasteiger partial charge in [0.05, 0.1) is 5.56 Å². The zero-order valence-electron chi connectivity index (χ0n) is 11.4. The SMILES string of the molecule is FC(F)(F)c1ccc2c(c1)CSC1=C(C=CCC1)/C=C\C2. The third kappa shape index (κ3) is 3.26.